The van der Waals surface area contributed by atoms with Crippen molar-refractivity contribution in [2.75, 3.05) is 19.8 Å². The van der Waals surface area contributed by atoms with Gasteiger partial charge in [0.25, 0.3) is 5.91 Å². The molecule has 0 aromatic carbocycles. The number of carbonyl (C=O) groups is 1. The number of ether oxygens (including phenoxy) is 1. The average molecular weight is 341 g/mol. The van der Waals surface area contributed by atoms with E-state index in [1.807, 2.05) is 6.92 Å². The van der Waals surface area contributed by atoms with Crippen LogP contribution < -0.4 is 10.5 Å². The molecule has 7 nitrogen and oxygen atoms in total. The Hall–Kier alpha value is -0.900. The molecule has 1 rings (SSSR count). The maximum absolute atomic E-state index is 11.6. The van der Waals surface area contributed by atoms with Gasteiger partial charge in [-0.15, -0.1) is 0 Å². The molecule has 1 aromatic heterocycles. The molecule has 0 atom stereocenters. The van der Waals surface area contributed by atoms with Crippen LogP contribution in [0.25, 0.3) is 0 Å². The number of carbonyl (C=O) groups excluding carboxylic acids is 1. The quantitative estimate of drug-likeness (QED) is 0.730. The average Bonchev–Trinajstić information content (AvgIpc) is 2.66. The van der Waals surface area contributed by atoms with E-state index >= 15 is 0 Å². The van der Waals surface area contributed by atoms with Gasteiger partial charge in [0, 0.05) is 19.2 Å². The van der Waals surface area contributed by atoms with Crippen molar-refractivity contribution in [1.82, 2.24) is 5.32 Å². The molecule has 1 amide bonds. The van der Waals surface area contributed by atoms with Gasteiger partial charge in [-0.25, -0.2) is 13.6 Å². The summed E-state index contributed by atoms with van der Waals surface area (Å²) >= 11 is 2.88. The van der Waals surface area contributed by atoms with Gasteiger partial charge < -0.3 is 14.5 Å². The minimum atomic E-state index is -3.92. The lowest BCUT2D eigenvalue weighted by atomic mass is 10.4. The van der Waals surface area contributed by atoms with Crippen LogP contribution in [-0.4, -0.2) is 34.1 Å². The van der Waals surface area contributed by atoms with Gasteiger partial charge in [0.15, 0.2) is 10.4 Å². The summed E-state index contributed by atoms with van der Waals surface area (Å²) in [6, 6.07) is 1.06. The van der Waals surface area contributed by atoms with Gasteiger partial charge in [0.05, 0.1) is 6.61 Å². The van der Waals surface area contributed by atoms with Crippen LogP contribution in [0.1, 0.15) is 17.5 Å². The first-order chi connectivity index (χ1) is 8.36. The highest BCUT2D eigenvalue weighted by Crippen LogP contribution is 2.24. The second-order valence-electron chi connectivity index (χ2n) is 3.25. The first-order valence-corrected chi connectivity index (χ1v) is 7.38. The number of halogens is 1. The van der Waals surface area contributed by atoms with E-state index in [9.17, 15) is 13.2 Å². The number of rotatable bonds is 6. The summed E-state index contributed by atoms with van der Waals surface area (Å²) in [5, 5.41) is 7.45. The largest absolute Gasteiger partial charge is 0.443 e. The molecule has 0 radical (unpaired) electrons. The van der Waals surface area contributed by atoms with E-state index in [1.165, 1.54) is 0 Å². The number of sulfonamides is 1. The fraction of sp³-hybridized carbons (Fsp3) is 0.444. The van der Waals surface area contributed by atoms with Gasteiger partial charge in [-0.1, -0.05) is 0 Å². The molecule has 0 unspecified atom stereocenters. The molecule has 18 heavy (non-hydrogen) atoms. The molecular formula is C9H13BrN2O5S. The minimum Gasteiger partial charge on any atom is -0.443 e. The maximum Gasteiger partial charge on any atom is 0.287 e. The third-order valence-corrected chi connectivity index (χ3v) is 3.69. The van der Waals surface area contributed by atoms with Crippen LogP contribution in [0.4, 0.5) is 0 Å². The van der Waals surface area contributed by atoms with Crippen molar-refractivity contribution in [2.24, 2.45) is 5.14 Å². The van der Waals surface area contributed by atoms with Crippen LogP contribution >= 0.6 is 15.9 Å². The first-order valence-electron chi connectivity index (χ1n) is 5.04. The first kappa shape index (κ1) is 15.2. The Balaban J connectivity index is 2.71. The summed E-state index contributed by atoms with van der Waals surface area (Å²) in [7, 11) is -3.92. The zero-order valence-corrected chi connectivity index (χ0v) is 12.0. The summed E-state index contributed by atoms with van der Waals surface area (Å²) < 4.78 is 32.1. The van der Waals surface area contributed by atoms with Crippen molar-refractivity contribution in [3.8, 4) is 0 Å². The summed E-state index contributed by atoms with van der Waals surface area (Å²) in [5.74, 6) is -0.673. The van der Waals surface area contributed by atoms with Gasteiger partial charge in [-0.3, -0.25) is 4.79 Å². The number of hydrogen-bond acceptors (Lipinski definition) is 5. The Labute approximate surface area is 113 Å². The number of hydrogen-bond donors (Lipinski definition) is 2. The van der Waals surface area contributed by atoms with E-state index in [2.05, 4.69) is 21.2 Å². The zero-order chi connectivity index (χ0) is 13.8. The van der Waals surface area contributed by atoms with Crippen LogP contribution in [0.2, 0.25) is 0 Å². The van der Waals surface area contributed by atoms with Crippen LogP contribution in [0.3, 0.4) is 0 Å². The van der Waals surface area contributed by atoms with E-state index < -0.39 is 15.9 Å². The third-order valence-electron chi connectivity index (χ3n) is 1.92. The second kappa shape index (κ2) is 6.32. The van der Waals surface area contributed by atoms with Gasteiger partial charge in [-0.2, -0.15) is 0 Å². The summed E-state index contributed by atoms with van der Waals surface area (Å²) in [6.45, 7) is 3.06. The molecule has 3 N–H and O–H groups in total. The van der Waals surface area contributed by atoms with Crippen LogP contribution in [0, 0.1) is 0 Å². The van der Waals surface area contributed by atoms with Crippen LogP contribution in [-0.2, 0) is 14.8 Å². The topological polar surface area (TPSA) is 112 Å². The molecule has 0 saturated heterocycles. The molecule has 0 saturated carbocycles. The van der Waals surface area contributed by atoms with E-state index in [-0.39, 0.29) is 15.3 Å². The van der Waals surface area contributed by atoms with Crippen molar-refractivity contribution in [3.63, 3.8) is 0 Å². The Morgan fingerprint density at radius 2 is 2.28 bits per heavy atom. The van der Waals surface area contributed by atoms with Gasteiger partial charge in [-0.05, 0) is 22.9 Å². The third kappa shape index (κ3) is 4.09. The minimum absolute atomic E-state index is 0.0973. The van der Waals surface area contributed by atoms with Gasteiger partial charge in [0.1, 0.15) is 4.90 Å². The van der Waals surface area contributed by atoms with E-state index in [1.54, 1.807) is 0 Å². The van der Waals surface area contributed by atoms with Crippen molar-refractivity contribution in [1.29, 1.82) is 0 Å². The number of nitrogens with one attached hydrogen (secondary N) is 1. The highest BCUT2D eigenvalue weighted by Gasteiger charge is 2.21. The van der Waals surface area contributed by atoms with Crippen LogP contribution in [0.15, 0.2) is 20.0 Å². The second-order valence-corrected chi connectivity index (χ2v) is 5.50. The van der Waals surface area contributed by atoms with Gasteiger partial charge >= 0.3 is 0 Å². The summed E-state index contributed by atoms with van der Waals surface area (Å²) in [5.41, 5.74) is 0. The Bertz CT molecular complexity index is 525. The SMILES string of the molecule is CCOCCNC(=O)c1cc(S(N)(=O)=O)c(Br)o1. The number of furan rings is 1. The Kier molecular flexibility index (Phi) is 5.32. The zero-order valence-electron chi connectivity index (χ0n) is 9.60. The van der Waals surface area contributed by atoms with Crippen molar-refractivity contribution < 1.29 is 22.4 Å². The van der Waals surface area contributed by atoms with Crippen LogP contribution in [0.5, 0.6) is 0 Å². The Morgan fingerprint density at radius 3 is 2.78 bits per heavy atom. The molecule has 1 heterocycles. The number of amides is 1. The summed E-state index contributed by atoms with van der Waals surface area (Å²) in [4.78, 5) is 11.3. The molecular weight excluding hydrogens is 328 g/mol. The van der Waals surface area contributed by atoms with Crippen molar-refractivity contribution in [3.05, 3.63) is 16.5 Å². The molecule has 0 aliphatic rings. The normalized spacial score (nSPS) is 11.5. The van der Waals surface area contributed by atoms with Crippen molar-refractivity contribution >= 4 is 31.9 Å². The van der Waals surface area contributed by atoms with E-state index in [0.29, 0.717) is 19.8 Å². The highest BCUT2D eigenvalue weighted by molar-refractivity contribution is 9.10. The lowest BCUT2D eigenvalue weighted by molar-refractivity contribution is 0.0894. The Morgan fingerprint density at radius 1 is 1.61 bits per heavy atom. The molecule has 0 fully saturated rings. The molecule has 0 spiro atoms. The predicted octanol–water partition coefficient (Wildman–Crippen LogP) is 0.456. The molecule has 9 heteroatoms. The van der Waals surface area contributed by atoms with Gasteiger partial charge in [0.2, 0.25) is 10.0 Å². The van der Waals surface area contributed by atoms with E-state index in [0.717, 1.165) is 6.07 Å². The fourth-order valence-electron chi connectivity index (χ4n) is 1.13. The predicted molar refractivity (Wildman–Crippen MR) is 66.6 cm³/mol. The summed E-state index contributed by atoms with van der Waals surface area (Å²) in [6.07, 6.45) is 0. The lowest BCUT2D eigenvalue weighted by Crippen LogP contribution is -2.26. The fourth-order valence-corrected chi connectivity index (χ4v) is 2.63. The standard InChI is InChI=1S/C9H13BrN2O5S/c1-2-16-4-3-12-9(13)6-5-7(8(10)17-6)18(11,14)15/h5H,2-4H2,1H3,(H,12,13)(H2,11,14,15). The van der Waals surface area contributed by atoms with Crippen molar-refractivity contribution in [2.45, 2.75) is 11.8 Å². The number of nitrogens with two attached hydrogens (primary N) is 1. The molecule has 0 aliphatic carbocycles. The smallest absolute Gasteiger partial charge is 0.287 e. The van der Waals surface area contributed by atoms with E-state index in [4.69, 9.17) is 14.3 Å². The highest BCUT2D eigenvalue weighted by atomic mass is 79.9. The molecule has 102 valence electrons. The lowest BCUT2D eigenvalue weighted by Gasteiger charge is -2.02. The maximum atomic E-state index is 11.6. The molecule has 0 bridgehead atoms. The monoisotopic (exact) mass is 340 g/mol. The molecule has 0 aliphatic heterocycles. The molecule has 1 aromatic rings. The number of primary sulfonamides is 1.